The van der Waals surface area contributed by atoms with Crippen LogP contribution in [0.1, 0.15) is 42.4 Å². The van der Waals surface area contributed by atoms with Gasteiger partial charge < -0.3 is 4.74 Å². The minimum Gasteiger partial charge on any atom is -0.465 e. The van der Waals surface area contributed by atoms with Gasteiger partial charge in [-0.1, -0.05) is 13.8 Å². The number of hydrogen-bond acceptors (Lipinski definition) is 5. The first kappa shape index (κ1) is 17.1. The van der Waals surface area contributed by atoms with E-state index in [0.717, 1.165) is 11.3 Å². The van der Waals surface area contributed by atoms with Gasteiger partial charge in [0.05, 0.1) is 7.11 Å². The van der Waals surface area contributed by atoms with E-state index >= 15 is 0 Å². The highest BCUT2D eigenvalue weighted by atomic mass is 32.2. The second-order valence-electron chi connectivity index (χ2n) is 4.53. The van der Waals surface area contributed by atoms with Gasteiger partial charge in [-0.15, -0.1) is 11.3 Å². The lowest BCUT2D eigenvalue weighted by Gasteiger charge is -2.26. The molecule has 0 saturated heterocycles. The third-order valence-corrected chi connectivity index (χ3v) is 6.73. The molecular weight excluding hydrogens is 298 g/mol. The van der Waals surface area contributed by atoms with Gasteiger partial charge in [-0.3, -0.25) is 0 Å². The Hall–Kier alpha value is -0.920. The van der Waals surface area contributed by atoms with Crippen molar-refractivity contribution >= 4 is 27.3 Å². The standard InChI is InChI=1S/C13H21NO4S2/c1-6-10(4)14(7-2)20(16,17)12-9(3)8-19-11(12)13(15)18-5/h8,10H,6-7H2,1-5H3. The molecule has 1 aromatic heterocycles. The number of ether oxygens (including phenoxy) is 1. The van der Waals surface area contributed by atoms with Gasteiger partial charge in [0.2, 0.25) is 10.0 Å². The fraction of sp³-hybridized carbons (Fsp3) is 0.615. The Morgan fingerprint density at radius 2 is 2.05 bits per heavy atom. The molecule has 0 aliphatic heterocycles. The summed E-state index contributed by atoms with van der Waals surface area (Å²) in [6, 6.07) is -0.116. The number of thiophene rings is 1. The Labute approximate surface area is 124 Å². The normalized spacial score (nSPS) is 13.5. The Morgan fingerprint density at radius 1 is 1.45 bits per heavy atom. The molecule has 0 spiro atoms. The van der Waals surface area contributed by atoms with Crippen molar-refractivity contribution < 1.29 is 17.9 Å². The Kier molecular flexibility index (Phi) is 5.73. The fourth-order valence-electron chi connectivity index (χ4n) is 2.03. The van der Waals surface area contributed by atoms with Crippen molar-refractivity contribution in [2.24, 2.45) is 0 Å². The molecule has 1 atom stereocenters. The number of sulfonamides is 1. The Bertz CT molecular complexity index is 577. The molecule has 0 N–H and O–H groups in total. The third-order valence-electron chi connectivity index (χ3n) is 3.25. The summed E-state index contributed by atoms with van der Waals surface area (Å²) in [6.45, 7) is 7.65. The largest absolute Gasteiger partial charge is 0.465 e. The summed E-state index contributed by atoms with van der Waals surface area (Å²) in [5, 5.41) is 1.67. The summed E-state index contributed by atoms with van der Waals surface area (Å²) < 4.78 is 31.7. The van der Waals surface area contributed by atoms with Gasteiger partial charge in [0.25, 0.3) is 0 Å². The van der Waals surface area contributed by atoms with E-state index in [-0.39, 0.29) is 15.8 Å². The van der Waals surface area contributed by atoms with Gasteiger partial charge in [-0.25, -0.2) is 13.2 Å². The summed E-state index contributed by atoms with van der Waals surface area (Å²) in [5.74, 6) is -0.609. The molecule has 0 saturated carbocycles. The zero-order chi connectivity index (χ0) is 15.5. The highest BCUT2D eigenvalue weighted by molar-refractivity contribution is 7.89. The number of hydrogen-bond donors (Lipinski definition) is 0. The molecule has 0 bridgehead atoms. The topological polar surface area (TPSA) is 63.7 Å². The van der Waals surface area contributed by atoms with Crippen LogP contribution in [-0.4, -0.2) is 38.4 Å². The predicted octanol–water partition coefficient (Wildman–Crippen LogP) is 2.65. The number of methoxy groups -OCH3 is 1. The molecule has 5 nitrogen and oxygen atoms in total. The van der Waals surface area contributed by atoms with E-state index in [4.69, 9.17) is 0 Å². The van der Waals surface area contributed by atoms with E-state index in [1.165, 1.54) is 11.4 Å². The van der Waals surface area contributed by atoms with Crippen molar-refractivity contribution in [1.29, 1.82) is 0 Å². The molecule has 1 aromatic rings. The van der Waals surface area contributed by atoms with Gasteiger partial charge in [-0.2, -0.15) is 4.31 Å². The third kappa shape index (κ3) is 3.05. The summed E-state index contributed by atoms with van der Waals surface area (Å²) in [5.41, 5.74) is 0.581. The predicted molar refractivity (Wildman–Crippen MR) is 79.7 cm³/mol. The molecule has 0 aliphatic rings. The van der Waals surface area contributed by atoms with E-state index in [9.17, 15) is 13.2 Å². The highest BCUT2D eigenvalue weighted by Gasteiger charge is 2.33. The molecule has 0 amide bonds. The van der Waals surface area contributed by atoms with Crippen LogP contribution in [0.5, 0.6) is 0 Å². The lowest BCUT2D eigenvalue weighted by Crippen LogP contribution is -2.38. The van der Waals surface area contributed by atoms with Crippen molar-refractivity contribution in [1.82, 2.24) is 4.31 Å². The maximum atomic E-state index is 12.8. The zero-order valence-electron chi connectivity index (χ0n) is 12.5. The number of nitrogens with zero attached hydrogens (tertiary/aromatic N) is 1. The van der Waals surface area contributed by atoms with E-state index in [1.54, 1.807) is 19.2 Å². The maximum Gasteiger partial charge on any atom is 0.349 e. The van der Waals surface area contributed by atoms with Crippen molar-refractivity contribution in [2.75, 3.05) is 13.7 Å². The molecule has 1 rings (SSSR count). The van der Waals surface area contributed by atoms with Crippen LogP contribution in [0.3, 0.4) is 0 Å². The molecule has 0 aliphatic carbocycles. The van der Waals surface area contributed by atoms with E-state index < -0.39 is 16.0 Å². The molecule has 114 valence electrons. The highest BCUT2D eigenvalue weighted by Crippen LogP contribution is 2.31. The molecule has 7 heteroatoms. The van der Waals surface area contributed by atoms with Crippen LogP contribution < -0.4 is 0 Å². The molecular formula is C13H21NO4S2. The minimum absolute atomic E-state index is 0.0801. The number of aryl methyl sites for hydroxylation is 1. The first-order valence-electron chi connectivity index (χ1n) is 6.49. The summed E-state index contributed by atoms with van der Waals surface area (Å²) >= 11 is 1.10. The van der Waals surface area contributed by atoms with Crippen LogP contribution >= 0.6 is 11.3 Å². The lowest BCUT2D eigenvalue weighted by atomic mass is 10.3. The van der Waals surface area contributed by atoms with Crippen LogP contribution in [0.2, 0.25) is 0 Å². The quantitative estimate of drug-likeness (QED) is 0.756. The molecule has 0 aromatic carbocycles. The average Bonchev–Trinajstić information content (AvgIpc) is 2.80. The summed E-state index contributed by atoms with van der Waals surface area (Å²) in [4.78, 5) is 12.0. The Balaban J connectivity index is 3.42. The van der Waals surface area contributed by atoms with Gasteiger partial charge in [0.15, 0.2) is 0 Å². The molecule has 0 fully saturated rings. The van der Waals surface area contributed by atoms with Gasteiger partial charge in [0.1, 0.15) is 9.77 Å². The number of esters is 1. The van der Waals surface area contributed by atoms with Gasteiger partial charge in [0, 0.05) is 12.6 Å². The SMILES string of the molecule is CCC(C)N(CC)S(=O)(=O)c1c(C)csc1C(=O)OC. The Morgan fingerprint density at radius 3 is 2.50 bits per heavy atom. The minimum atomic E-state index is -3.69. The van der Waals surface area contributed by atoms with Crippen molar-refractivity contribution in [3.8, 4) is 0 Å². The van der Waals surface area contributed by atoms with Crippen molar-refractivity contribution in [3.63, 3.8) is 0 Å². The van der Waals surface area contributed by atoms with Gasteiger partial charge in [-0.05, 0) is 31.2 Å². The molecule has 20 heavy (non-hydrogen) atoms. The van der Waals surface area contributed by atoms with Crippen LogP contribution in [-0.2, 0) is 14.8 Å². The van der Waals surface area contributed by atoms with Crippen molar-refractivity contribution in [3.05, 3.63) is 15.8 Å². The van der Waals surface area contributed by atoms with Crippen LogP contribution in [0.4, 0.5) is 0 Å². The van der Waals surface area contributed by atoms with Crippen molar-refractivity contribution in [2.45, 2.75) is 45.1 Å². The molecule has 1 heterocycles. The lowest BCUT2D eigenvalue weighted by molar-refractivity contribution is 0.0602. The van der Waals surface area contributed by atoms with Gasteiger partial charge >= 0.3 is 5.97 Å². The van der Waals surface area contributed by atoms with Crippen LogP contribution in [0, 0.1) is 6.92 Å². The van der Waals surface area contributed by atoms with E-state index in [2.05, 4.69) is 4.74 Å². The zero-order valence-corrected chi connectivity index (χ0v) is 14.1. The summed E-state index contributed by atoms with van der Waals surface area (Å²) in [6.07, 6.45) is 0.712. The monoisotopic (exact) mass is 319 g/mol. The number of carbonyl (C=O) groups is 1. The second kappa shape index (κ2) is 6.69. The average molecular weight is 319 g/mol. The molecule has 1 unspecified atom stereocenters. The number of carbonyl (C=O) groups excluding carboxylic acids is 1. The fourth-order valence-corrected chi connectivity index (χ4v) is 5.40. The maximum absolute atomic E-state index is 12.8. The second-order valence-corrected chi connectivity index (χ2v) is 7.24. The molecule has 0 radical (unpaired) electrons. The smallest absolute Gasteiger partial charge is 0.349 e. The number of rotatable bonds is 6. The first-order chi connectivity index (χ1) is 9.31. The van der Waals surface area contributed by atoms with Crippen LogP contribution in [0.15, 0.2) is 10.3 Å². The van der Waals surface area contributed by atoms with E-state index in [1.807, 2.05) is 13.8 Å². The van der Waals surface area contributed by atoms with Crippen LogP contribution in [0.25, 0.3) is 0 Å². The van der Waals surface area contributed by atoms with E-state index in [0.29, 0.717) is 18.5 Å². The summed E-state index contributed by atoms with van der Waals surface area (Å²) in [7, 11) is -2.44. The first-order valence-corrected chi connectivity index (χ1v) is 8.81.